The molecule has 14 heavy (non-hydrogen) atoms. The number of rotatable bonds is 3. The van der Waals surface area contributed by atoms with E-state index in [1.165, 1.54) is 0 Å². The standard InChI is InChI=1S/C10H11BrClNO/c1-7-6-8(2-3-9(7)11)13-10(14)4-5-12/h2-3,6H,4-5H2,1H3,(H,13,14). The third kappa shape index (κ3) is 3.31. The maximum Gasteiger partial charge on any atom is 0.225 e. The predicted octanol–water partition coefficient (Wildman–Crippen LogP) is 3.32. The van der Waals surface area contributed by atoms with Crippen LogP contribution in [0.25, 0.3) is 0 Å². The van der Waals surface area contributed by atoms with Gasteiger partial charge in [0.25, 0.3) is 0 Å². The molecule has 0 unspecified atom stereocenters. The Kier molecular flexibility index (Phi) is 4.42. The van der Waals surface area contributed by atoms with Crippen molar-refractivity contribution in [1.82, 2.24) is 0 Å². The highest BCUT2D eigenvalue weighted by atomic mass is 79.9. The summed E-state index contributed by atoms with van der Waals surface area (Å²) in [6.07, 6.45) is 0.344. The zero-order chi connectivity index (χ0) is 10.6. The largest absolute Gasteiger partial charge is 0.326 e. The van der Waals surface area contributed by atoms with Crippen molar-refractivity contribution in [2.75, 3.05) is 11.2 Å². The van der Waals surface area contributed by atoms with Gasteiger partial charge in [-0.2, -0.15) is 0 Å². The van der Waals surface area contributed by atoms with Crippen molar-refractivity contribution < 1.29 is 4.79 Å². The van der Waals surface area contributed by atoms with E-state index in [-0.39, 0.29) is 5.91 Å². The van der Waals surface area contributed by atoms with Gasteiger partial charge in [-0.1, -0.05) is 15.9 Å². The van der Waals surface area contributed by atoms with E-state index in [0.29, 0.717) is 12.3 Å². The average molecular weight is 277 g/mol. The summed E-state index contributed by atoms with van der Waals surface area (Å²) in [5, 5.41) is 2.77. The summed E-state index contributed by atoms with van der Waals surface area (Å²) in [7, 11) is 0. The molecule has 0 bridgehead atoms. The number of hydrogen-bond donors (Lipinski definition) is 1. The topological polar surface area (TPSA) is 29.1 Å². The maximum absolute atomic E-state index is 11.2. The molecule has 4 heteroatoms. The lowest BCUT2D eigenvalue weighted by atomic mass is 10.2. The Balaban J connectivity index is 2.68. The van der Waals surface area contributed by atoms with Gasteiger partial charge in [0.05, 0.1) is 0 Å². The molecule has 2 nitrogen and oxygen atoms in total. The van der Waals surface area contributed by atoms with Crippen LogP contribution >= 0.6 is 27.5 Å². The van der Waals surface area contributed by atoms with Gasteiger partial charge in [0.1, 0.15) is 0 Å². The van der Waals surface area contributed by atoms with E-state index < -0.39 is 0 Å². The summed E-state index contributed by atoms with van der Waals surface area (Å²) in [6.45, 7) is 1.97. The van der Waals surface area contributed by atoms with Crippen molar-refractivity contribution in [3.8, 4) is 0 Å². The van der Waals surface area contributed by atoms with Crippen LogP contribution < -0.4 is 5.32 Å². The lowest BCUT2D eigenvalue weighted by Crippen LogP contribution is -2.11. The van der Waals surface area contributed by atoms with Crippen LogP contribution in [0, 0.1) is 6.92 Å². The van der Waals surface area contributed by atoms with Gasteiger partial charge in [0, 0.05) is 22.5 Å². The SMILES string of the molecule is Cc1cc(NC(=O)CCCl)ccc1Br. The first-order valence-corrected chi connectivity index (χ1v) is 5.58. The van der Waals surface area contributed by atoms with E-state index in [1.807, 2.05) is 25.1 Å². The fraction of sp³-hybridized carbons (Fsp3) is 0.300. The van der Waals surface area contributed by atoms with Gasteiger partial charge in [0.2, 0.25) is 5.91 Å². The summed E-state index contributed by atoms with van der Waals surface area (Å²) in [4.78, 5) is 11.2. The fourth-order valence-corrected chi connectivity index (χ4v) is 1.45. The fourth-order valence-electron chi connectivity index (χ4n) is 1.03. The Hall–Kier alpha value is -0.540. The monoisotopic (exact) mass is 275 g/mol. The molecule has 1 aromatic carbocycles. The maximum atomic E-state index is 11.2. The van der Waals surface area contributed by atoms with Crippen molar-refractivity contribution in [3.63, 3.8) is 0 Å². The number of nitrogens with one attached hydrogen (secondary N) is 1. The molecule has 0 saturated heterocycles. The second-order valence-corrected chi connectivity index (χ2v) is 4.18. The molecule has 0 aromatic heterocycles. The zero-order valence-corrected chi connectivity index (χ0v) is 10.2. The number of benzene rings is 1. The number of hydrogen-bond acceptors (Lipinski definition) is 1. The molecule has 0 aliphatic carbocycles. The Morgan fingerprint density at radius 2 is 2.29 bits per heavy atom. The first-order chi connectivity index (χ1) is 6.63. The van der Waals surface area contributed by atoms with Gasteiger partial charge in [-0.25, -0.2) is 0 Å². The molecule has 0 saturated carbocycles. The molecular formula is C10H11BrClNO. The molecular weight excluding hydrogens is 265 g/mol. The number of carbonyl (C=O) groups excluding carboxylic acids is 1. The number of alkyl halides is 1. The highest BCUT2D eigenvalue weighted by molar-refractivity contribution is 9.10. The van der Waals surface area contributed by atoms with Gasteiger partial charge >= 0.3 is 0 Å². The first-order valence-electron chi connectivity index (χ1n) is 4.25. The van der Waals surface area contributed by atoms with Crippen LogP contribution in [0.5, 0.6) is 0 Å². The number of halogens is 2. The second kappa shape index (κ2) is 5.37. The summed E-state index contributed by atoms with van der Waals surface area (Å²) in [5.41, 5.74) is 1.90. The third-order valence-electron chi connectivity index (χ3n) is 1.76. The van der Waals surface area contributed by atoms with Crippen LogP contribution in [0.4, 0.5) is 5.69 Å². The van der Waals surface area contributed by atoms with Crippen molar-refractivity contribution in [1.29, 1.82) is 0 Å². The lowest BCUT2D eigenvalue weighted by molar-refractivity contribution is -0.115. The lowest BCUT2D eigenvalue weighted by Gasteiger charge is -2.05. The number of aryl methyl sites for hydroxylation is 1. The molecule has 0 aliphatic heterocycles. The molecule has 0 spiro atoms. The molecule has 0 radical (unpaired) electrons. The van der Waals surface area contributed by atoms with E-state index in [9.17, 15) is 4.79 Å². The molecule has 0 atom stereocenters. The Morgan fingerprint density at radius 3 is 2.86 bits per heavy atom. The van der Waals surface area contributed by atoms with Crippen LogP contribution in [0.3, 0.4) is 0 Å². The van der Waals surface area contributed by atoms with Crippen molar-refractivity contribution in [2.45, 2.75) is 13.3 Å². The normalized spacial score (nSPS) is 9.93. The molecule has 1 rings (SSSR count). The van der Waals surface area contributed by atoms with E-state index >= 15 is 0 Å². The van der Waals surface area contributed by atoms with Gasteiger partial charge < -0.3 is 5.32 Å². The number of anilines is 1. The van der Waals surface area contributed by atoms with Crippen LogP contribution in [-0.2, 0) is 4.79 Å². The highest BCUT2D eigenvalue weighted by Crippen LogP contribution is 2.19. The average Bonchev–Trinajstić information content (AvgIpc) is 2.12. The summed E-state index contributed by atoms with van der Waals surface area (Å²) in [6, 6.07) is 5.67. The van der Waals surface area contributed by atoms with Crippen LogP contribution in [0.2, 0.25) is 0 Å². The molecule has 1 aromatic rings. The molecule has 76 valence electrons. The minimum absolute atomic E-state index is 0.0540. The molecule has 1 N–H and O–H groups in total. The zero-order valence-electron chi connectivity index (χ0n) is 7.81. The Labute approximate surface area is 96.8 Å². The first kappa shape index (κ1) is 11.5. The molecule has 0 heterocycles. The molecule has 1 amide bonds. The second-order valence-electron chi connectivity index (χ2n) is 2.95. The van der Waals surface area contributed by atoms with Gasteiger partial charge in [-0.3, -0.25) is 4.79 Å². The number of amides is 1. The van der Waals surface area contributed by atoms with E-state index in [4.69, 9.17) is 11.6 Å². The van der Waals surface area contributed by atoms with Crippen LogP contribution in [0.15, 0.2) is 22.7 Å². The molecule has 0 fully saturated rings. The van der Waals surface area contributed by atoms with Crippen molar-refractivity contribution in [3.05, 3.63) is 28.2 Å². The van der Waals surface area contributed by atoms with Crippen LogP contribution in [0.1, 0.15) is 12.0 Å². The third-order valence-corrected chi connectivity index (χ3v) is 2.84. The predicted molar refractivity (Wildman–Crippen MR) is 62.8 cm³/mol. The molecule has 0 aliphatic rings. The Bertz CT molecular complexity index is 341. The minimum atomic E-state index is -0.0540. The van der Waals surface area contributed by atoms with E-state index in [1.54, 1.807) is 0 Å². The quantitative estimate of drug-likeness (QED) is 0.843. The minimum Gasteiger partial charge on any atom is -0.326 e. The van der Waals surface area contributed by atoms with Gasteiger partial charge in [-0.05, 0) is 30.7 Å². The summed E-state index contributed by atoms with van der Waals surface area (Å²) in [5.74, 6) is 0.295. The van der Waals surface area contributed by atoms with Gasteiger partial charge in [-0.15, -0.1) is 11.6 Å². The van der Waals surface area contributed by atoms with E-state index in [2.05, 4.69) is 21.2 Å². The number of carbonyl (C=O) groups is 1. The highest BCUT2D eigenvalue weighted by Gasteiger charge is 2.02. The Morgan fingerprint density at radius 1 is 1.57 bits per heavy atom. The van der Waals surface area contributed by atoms with E-state index in [0.717, 1.165) is 15.7 Å². The van der Waals surface area contributed by atoms with Crippen LogP contribution in [-0.4, -0.2) is 11.8 Å². The smallest absolute Gasteiger partial charge is 0.225 e. The summed E-state index contributed by atoms with van der Waals surface area (Å²) >= 11 is 8.84. The summed E-state index contributed by atoms with van der Waals surface area (Å²) < 4.78 is 1.04. The van der Waals surface area contributed by atoms with Gasteiger partial charge in [0.15, 0.2) is 0 Å². The van der Waals surface area contributed by atoms with Crippen molar-refractivity contribution >= 4 is 39.1 Å². The van der Waals surface area contributed by atoms with Crippen molar-refractivity contribution in [2.24, 2.45) is 0 Å².